The van der Waals surface area contributed by atoms with Gasteiger partial charge in [0.1, 0.15) is 5.82 Å². The van der Waals surface area contributed by atoms with Crippen LogP contribution in [0.25, 0.3) is 16.9 Å². The number of benzene rings is 1. The van der Waals surface area contributed by atoms with E-state index in [0.717, 1.165) is 22.5 Å². The molecule has 0 saturated carbocycles. The highest BCUT2D eigenvalue weighted by atomic mass is 16.5. The summed E-state index contributed by atoms with van der Waals surface area (Å²) in [4.78, 5) is 4.38. The number of methoxy groups -OCH3 is 3. The first-order valence-electron chi connectivity index (χ1n) is 8.63. The van der Waals surface area contributed by atoms with Crippen molar-refractivity contribution in [2.45, 2.75) is 6.54 Å². The molecule has 4 rings (SSSR count). The van der Waals surface area contributed by atoms with Crippen molar-refractivity contribution < 1.29 is 18.6 Å². The van der Waals surface area contributed by atoms with Crippen LogP contribution in [0.1, 0.15) is 5.56 Å². The molecule has 144 valence electrons. The standard InChI is InChI=1S/C20H20N4O4/c1-25-16-8-13(9-17(26-2)20(16)27-3)10-21-18-4-5-19-22-11-15(24(19)23-18)14-6-7-28-12-14/h4-9,11-12H,10H2,1-3H3,(H,21,23). The number of rotatable bonds is 7. The van der Waals surface area contributed by atoms with Crippen LogP contribution in [0.15, 0.2) is 53.5 Å². The van der Waals surface area contributed by atoms with E-state index >= 15 is 0 Å². The Morgan fingerprint density at radius 3 is 2.46 bits per heavy atom. The smallest absolute Gasteiger partial charge is 0.203 e. The Bertz CT molecular complexity index is 1060. The molecule has 0 fully saturated rings. The molecule has 1 N–H and O–H groups in total. The van der Waals surface area contributed by atoms with E-state index in [1.54, 1.807) is 44.6 Å². The van der Waals surface area contributed by atoms with Crippen molar-refractivity contribution >= 4 is 11.5 Å². The summed E-state index contributed by atoms with van der Waals surface area (Å²) in [7, 11) is 4.78. The fourth-order valence-corrected chi connectivity index (χ4v) is 3.00. The summed E-state index contributed by atoms with van der Waals surface area (Å²) >= 11 is 0. The Morgan fingerprint density at radius 2 is 1.82 bits per heavy atom. The number of nitrogens with zero attached hydrogens (tertiary/aromatic N) is 3. The Labute approximate surface area is 161 Å². The van der Waals surface area contributed by atoms with Crippen LogP contribution in [-0.4, -0.2) is 35.9 Å². The molecule has 0 radical (unpaired) electrons. The van der Waals surface area contributed by atoms with E-state index in [1.165, 1.54) is 0 Å². The Hall–Kier alpha value is -3.68. The summed E-state index contributed by atoms with van der Waals surface area (Å²) in [5, 5.41) is 7.96. The second-order valence-corrected chi connectivity index (χ2v) is 6.03. The molecule has 3 aromatic heterocycles. The molecule has 28 heavy (non-hydrogen) atoms. The molecular weight excluding hydrogens is 360 g/mol. The number of nitrogens with one attached hydrogen (secondary N) is 1. The fourth-order valence-electron chi connectivity index (χ4n) is 3.00. The van der Waals surface area contributed by atoms with Gasteiger partial charge in [-0.25, -0.2) is 9.50 Å². The lowest BCUT2D eigenvalue weighted by Gasteiger charge is -2.14. The molecule has 0 aliphatic carbocycles. The molecule has 0 aliphatic rings. The summed E-state index contributed by atoms with van der Waals surface area (Å²) in [5.41, 5.74) is 3.51. The van der Waals surface area contributed by atoms with Gasteiger partial charge in [0.2, 0.25) is 5.75 Å². The van der Waals surface area contributed by atoms with Gasteiger partial charge in [0, 0.05) is 12.1 Å². The van der Waals surface area contributed by atoms with Crippen LogP contribution in [0.3, 0.4) is 0 Å². The van der Waals surface area contributed by atoms with Gasteiger partial charge >= 0.3 is 0 Å². The lowest BCUT2D eigenvalue weighted by molar-refractivity contribution is 0.324. The normalized spacial score (nSPS) is 10.8. The van der Waals surface area contributed by atoms with Crippen LogP contribution in [0, 0.1) is 0 Å². The average molecular weight is 380 g/mol. The highest BCUT2D eigenvalue weighted by Crippen LogP contribution is 2.38. The third-order valence-electron chi connectivity index (χ3n) is 4.38. The summed E-state index contributed by atoms with van der Waals surface area (Å²) < 4.78 is 23.1. The van der Waals surface area contributed by atoms with E-state index in [9.17, 15) is 0 Å². The molecule has 0 spiro atoms. The maximum atomic E-state index is 5.41. The third-order valence-corrected chi connectivity index (χ3v) is 4.38. The van der Waals surface area contributed by atoms with Crippen molar-refractivity contribution in [1.82, 2.24) is 14.6 Å². The molecule has 0 amide bonds. The van der Waals surface area contributed by atoms with E-state index < -0.39 is 0 Å². The highest BCUT2D eigenvalue weighted by molar-refractivity contribution is 5.62. The molecule has 1 aromatic carbocycles. The molecule has 0 atom stereocenters. The predicted octanol–water partition coefficient (Wildman–Crippen LogP) is 3.63. The second kappa shape index (κ2) is 7.51. The first kappa shape index (κ1) is 17.7. The van der Waals surface area contributed by atoms with Gasteiger partial charge in [-0.05, 0) is 35.9 Å². The van der Waals surface area contributed by atoms with Gasteiger partial charge in [-0.1, -0.05) is 0 Å². The van der Waals surface area contributed by atoms with Gasteiger partial charge in [0.25, 0.3) is 0 Å². The van der Waals surface area contributed by atoms with Crippen LogP contribution in [0.2, 0.25) is 0 Å². The summed E-state index contributed by atoms with van der Waals surface area (Å²) in [6.07, 6.45) is 5.07. The largest absolute Gasteiger partial charge is 0.493 e. The van der Waals surface area contributed by atoms with Gasteiger partial charge < -0.3 is 23.9 Å². The van der Waals surface area contributed by atoms with Crippen LogP contribution >= 0.6 is 0 Å². The molecule has 0 unspecified atom stereocenters. The third kappa shape index (κ3) is 3.20. The van der Waals surface area contributed by atoms with E-state index in [2.05, 4.69) is 15.4 Å². The predicted molar refractivity (Wildman–Crippen MR) is 104 cm³/mol. The Balaban J connectivity index is 1.60. The van der Waals surface area contributed by atoms with Crippen LogP contribution < -0.4 is 19.5 Å². The number of anilines is 1. The minimum Gasteiger partial charge on any atom is -0.493 e. The van der Waals surface area contributed by atoms with Crippen molar-refractivity contribution in [3.05, 3.63) is 54.6 Å². The molecule has 3 heterocycles. The van der Waals surface area contributed by atoms with Gasteiger partial charge in [-0.3, -0.25) is 0 Å². The number of furan rings is 1. The summed E-state index contributed by atoms with van der Waals surface area (Å²) in [5.74, 6) is 2.50. The second-order valence-electron chi connectivity index (χ2n) is 6.03. The van der Waals surface area contributed by atoms with Crippen molar-refractivity contribution in [2.24, 2.45) is 0 Å². The fraction of sp³-hybridized carbons (Fsp3) is 0.200. The number of aromatic nitrogens is 3. The minimum atomic E-state index is 0.533. The molecule has 4 aromatic rings. The molecule has 0 aliphatic heterocycles. The van der Waals surface area contributed by atoms with Crippen molar-refractivity contribution in [3.8, 4) is 28.5 Å². The molecule has 0 saturated heterocycles. The maximum absolute atomic E-state index is 5.41. The van der Waals surface area contributed by atoms with Crippen molar-refractivity contribution in [2.75, 3.05) is 26.6 Å². The van der Waals surface area contributed by atoms with E-state index in [0.29, 0.717) is 29.6 Å². The zero-order chi connectivity index (χ0) is 19.5. The van der Waals surface area contributed by atoms with Gasteiger partial charge in [0.15, 0.2) is 17.1 Å². The molecule has 8 heteroatoms. The topological polar surface area (TPSA) is 83.1 Å². The van der Waals surface area contributed by atoms with Crippen LogP contribution in [0.5, 0.6) is 17.2 Å². The number of ether oxygens (including phenoxy) is 3. The molecular formula is C20H20N4O4. The summed E-state index contributed by atoms with van der Waals surface area (Å²) in [6.45, 7) is 0.533. The number of hydrogen-bond acceptors (Lipinski definition) is 7. The van der Waals surface area contributed by atoms with Crippen molar-refractivity contribution in [3.63, 3.8) is 0 Å². The van der Waals surface area contributed by atoms with Gasteiger partial charge in [0.05, 0.1) is 45.7 Å². The molecule has 0 bridgehead atoms. The van der Waals surface area contributed by atoms with Gasteiger partial charge in [-0.15, -0.1) is 5.10 Å². The average Bonchev–Trinajstić information content (AvgIpc) is 3.40. The first-order chi connectivity index (χ1) is 13.7. The van der Waals surface area contributed by atoms with E-state index in [1.807, 2.05) is 30.3 Å². The Morgan fingerprint density at radius 1 is 1.04 bits per heavy atom. The quantitative estimate of drug-likeness (QED) is 0.524. The lowest BCUT2D eigenvalue weighted by atomic mass is 10.1. The highest BCUT2D eigenvalue weighted by Gasteiger charge is 2.13. The summed E-state index contributed by atoms with van der Waals surface area (Å²) in [6, 6.07) is 9.48. The van der Waals surface area contributed by atoms with Gasteiger partial charge in [-0.2, -0.15) is 0 Å². The van der Waals surface area contributed by atoms with E-state index in [4.69, 9.17) is 18.6 Å². The molecule has 8 nitrogen and oxygen atoms in total. The zero-order valence-electron chi connectivity index (χ0n) is 15.8. The first-order valence-corrected chi connectivity index (χ1v) is 8.63. The minimum absolute atomic E-state index is 0.533. The Kier molecular flexibility index (Phi) is 4.76. The van der Waals surface area contributed by atoms with Crippen LogP contribution in [-0.2, 0) is 6.54 Å². The SMILES string of the molecule is COc1cc(CNc2ccc3ncc(-c4ccoc4)n3n2)cc(OC)c1OC. The van der Waals surface area contributed by atoms with E-state index in [-0.39, 0.29) is 0 Å². The number of imidazole rings is 1. The van der Waals surface area contributed by atoms with Crippen molar-refractivity contribution in [1.29, 1.82) is 0 Å². The lowest BCUT2D eigenvalue weighted by Crippen LogP contribution is -2.05. The maximum Gasteiger partial charge on any atom is 0.203 e. The number of fused-ring (bicyclic) bond motifs is 1. The monoisotopic (exact) mass is 380 g/mol. The number of hydrogen-bond donors (Lipinski definition) is 1. The van der Waals surface area contributed by atoms with Crippen LogP contribution in [0.4, 0.5) is 5.82 Å². The zero-order valence-corrected chi connectivity index (χ0v) is 15.8.